The Hall–Kier alpha value is -0.710. The van der Waals surface area contributed by atoms with E-state index in [-0.39, 0.29) is 5.82 Å². The fourth-order valence-electron chi connectivity index (χ4n) is 3.03. The summed E-state index contributed by atoms with van der Waals surface area (Å²) in [5.74, 6) is -0.190. The summed E-state index contributed by atoms with van der Waals surface area (Å²) >= 11 is 5.14. The minimum atomic E-state index is -0.190. The Labute approximate surface area is 137 Å². The lowest BCUT2D eigenvalue weighted by Gasteiger charge is -2.29. The average Bonchev–Trinajstić information content (AvgIpc) is 2.91. The molecule has 1 aliphatic rings. The fourth-order valence-corrected chi connectivity index (χ4v) is 4.35. The monoisotopic (exact) mass is 367 g/mol. The zero-order chi connectivity index (χ0) is 14.7. The molecule has 1 atom stereocenters. The molecule has 0 radical (unpaired) electrons. The minimum absolute atomic E-state index is 0.190. The largest absolute Gasteiger partial charge is 0.291 e. The molecule has 1 unspecified atom stereocenters. The molecule has 4 heteroatoms. The molecule has 0 amide bonds. The number of hydrogen-bond donors (Lipinski definition) is 0. The number of rotatable bonds is 3. The first-order valence-electron chi connectivity index (χ1n) is 7.45. The van der Waals surface area contributed by atoms with Crippen molar-refractivity contribution in [2.75, 3.05) is 6.54 Å². The molecule has 1 saturated heterocycles. The normalized spacial score (nSPS) is 20.4. The Morgan fingerprint density at radius 2 is 2.14 bits per heavy atom. The van der Waals surface area contributed by atoms with E-state index in [9.17, 15) is 4.39 Å². The van der Waals surface area contributed by atoms with Crippen LogP contribution in [0.25, 0.3) is 0 Å². The first kappa shape index (κ1) is 15.2. The van der Waals surface area contributed by atoms with Gasteiger partial charge in [-0.3, -0.25) is 4.90 Å². The maximum atomic E-state index is 13.4. The molecule has 3 rings (SSSR count). The Morgan fingerprint density at radius 3 is 2.90 bits per heavy atom. The van der Waals surface area contributed by atoms with Gasteiger partial charge in [0.05, 0.1) is 4.47 Å². The molecule has 1 fully saturated rings. The van der Waals surface area contributed by atoms with Gasteiger partial charge in [-0.2, -0.15) is 0 Å². The van der Waals surface area contributed by atoms with Gasteiger partial charge in [0.2, 0.25) is 0 Å². The zero-order valence-corrected chi connectivity index (χ0v) is 14.3. The molecule has 21 heavy (non-hydrogen) atoms. The van der Waals surface area contributed by atoms with Gasteiger partial charge in [-0.25, -0.2) is 4.39 Å². The van der Waals surface area contributed by atoms with Crippen LogP contribution in [-0.2, 0) is 6.54 Å². The standard InChI is InChI=1S/C17H19BrFNS/c18-14-11-13(7-8-15(14)19)12-20-9-3-1-2-5-16(20)17-6-4-10-21-17/h4,6-8,10-11,16H,1-3,5,9,12H2. The van der Waals surface area contributed by atoms with Crippen LogP contribution in [0.1, 0.15) is 42.2 Å². The predicted octanol–water partition coefficient (Wildman–Crippen LogP) is 5.77. The lowest BCUT2D eigenvalue weighted by Crippen LogP contribution is -2.27. The van der Waals surface area contributed by atoms with Gasteiger partial charge in [-0.15, -0.1) is 11.3 Å². The summed E-state index contributed by atoms with van der Waals surface area (Å²) in [6, 6.07) is 10.3. The second-order valence-corrected chi connectivity index (χ2v) is 7.43. The number of halogens is 2. The second-order valence-electron chi connectivity index (χ2n) is 5.60. The molecule has 112 valence electrons. The van der Waals surface area contributed by atoms with Crippen LogP contribution in [0, 0.1) is 5.82 Å². The van der Waals surface area contributed by atoms with Crippen LogP contribution in [0.4, 0.5) is 4.39 Å². The Balaban J connectivity index is 1.81. The number of likely N-dealkylation sites (tertiary alicyclic amines) is 1. The molecule has 0 bridgehead atoms. The van der Waals surface area contributed by atoms with E-state index < -0.39 is 0 Å². The Kier molecular flexibility index (Phi) is 5.09. The van der Waals surface area contributed by atoms with Gasteiger partial charge in [0, 0.05) is 17.5 Å². The zero-order valence-electron chi connectivity index (χ0n) is 11.9. The molecule has 1 aromatic heterocycles. The molecule has 1 aliphatic heterocycles. The van der Waals surface area contributed by atoms with E-state index in [0.29, 0.717) is 10.5 Å². The molecular formula is C17H19BrFNS. The van der Waals surface area contributed by atoms with Crippen molar-refractivity contribution >= 4 is 27.3 Å². The molecule has 1 nitrogen and oxygen atoms in total. The molecule has 0 spiro atoms. The van der Waals surface area contributed by atoms with Crippen molar-refractivity contribution in [1.29, 1.82) is 0 Å². The number of hydrogen-bond acceptors (Lipinski definition) is 2. The Morgan fingerprint density at radius 1 is 1.24 bits per heavy atom. The molecule has 0 saturated carbocycles. The van der Waals surface area contributed by atoms with E-state index in [0.717, 1.165) is 13.1 Å². The van der Waals surface area contributed by atoms with Crippen LogP contribution in [-0.4, -0.2) is 11.4 Å². The van der Waals surface area contributed by atoms with E-state index in [1.807, 2.05) is 23.5 Å². The van der Waals surface area contributed by atoms with Crippen molar-refractivity contribution in [3.8, 4) is 0 Å². The van der Waals surface area contributed by atoms with Crippen molar-refractivity contribution in [2.24, 2.45) is 0 Å². The van der Waals surface area contributed by atoms with Crippen molar-refractivity contribution < 1.29 is 4.39 Å². The summed E-state index contributed by atoms with van der Waals surface area (Å²) in [7, 11) is 0. The first-order valence-corrected chi connectivity index (χ1v) is 9.12. The van der Waals surface area contributed by atoms with Crippen LogP contribution in [0.3, 0.4) is 0 Å². The average molecular weight is 368 g/mol. The fraction of sp³-hybridized carbons (Fsp3) is 0.412. The van der Waals surface area contributed by atoms with Gasteiger partial charge >= 0.3 is 0 Å². The summed E-state index contributed by atoms with van der Waals surface area (Å²) in [6.07, 6.45) is 5.09. The highest BCUT2D eigenvalue weighted by molar-refractivity contribution is 9.10. The van der Waals surface area contributed by atoms with Crippen LogP contribution < -0.4 is 0 Å². The van der Waals surface area contributed by atoms with E-state index in [4.69, 9.17) is 0 Å². The van der Waals surface area contributed by atoms with Gasteiger partial charge in [0.25, 0.3) is 0 Å². The predicted molar refractivity (Wildman–Crippen MR) is 90.0 cm³/mol. The van der Waals surface area contributed by atoms with Gasteiger partial charge < -0.3 is 0 Å². The maximum absolute atomic E-state index is 13.4. The number of benzene rings is 1. The topological polar surface area (TPSA) is 3.24 Å². The van der Waals surface area contributed by atoms with Crippen molar-refractivity contribution in [1.82, 2.24) is 4.90 Å². The highest BCUT2D eigenvalue weighted by atomic mass is 79.9. The van der Waals surface area contributed by atoms with E-state index in [1.54, 1.807) is 6.07 Å². The third kappa shape index (κ3) is 3.74. The maximum Gasteiger partial charge on any atom is 0.137 e. The molecular weight excluding hydrogens is 349 g/mol. The number of nitrogens with zero attached hydrogens (tertiary/aromatic N) is 1. The summed E-state index contributed by atoms with van der Waals surface area (Å²) in [5, 5.41) is 2.16. The third-order valence-electron chi connectivity index (χ3n) is 4.10. The third-order valence-corrected chi connectivity index (χ3v) is 5.69. The summed E-state index contributed by atoms with van der Waals surface area (Å²) in [5.41, 5.74) is 1.17. The van der Waals surface area contributed by atoms with Crippen LogP contribution in [0.5, 0.6) is 0 Å². The summed E-state index contributed by atoms with van der Waals surface area (Å²) in [6.45, 7) is 2.01. The van der Waals surface area contributed by atoms with E-state index in [1.165, 1.54) is 36.1 Å². The van der Waals surface area contributed by atoms with Gasteiger partial charge in [-0.1, -0.05) is 25.0 Å². The summed E-state index contributed by atoms with van der Waals surface area (Å²) < 4.78 is 13.9. The van der Waals surface area contributed by atoms with Gasteiger partial charge in [-0.05, 0) is 64.5 Å². The highest BCUT2D eigenvalue weighted by Crippen LogP contribution is 2.34. The lowest BCUT2D eigenvalue weighted by atomic mass is 10.1. The molecule has 2 heterocycles. The van der Waals surface area contributed by atoms with Crippen molar-refractivity contribution in [3.05, 3.63) is 56.4 Å². The highest BCUT2D eigenvalue weighted by Gasteiger charge is 2.23. The SMILES string of the molecule is Fc1ccc(CN2CCCCCC2c2cccs2)cc1Br. The van der Waals surface area contributed by atoms with Gasteiger partial charge in [0.15, 0.2) is 0 Å². The minimum Gasteiger partial charge on any atom is -0.291 e. The molecule has 1 aromatic carbocycles. The van der Waals surface area contributed by atoms with E-state index >= 15 is 0 Å². The van der Waals surface area contributed by atoms with Crippen LogP contribution in [0.15, 0.2) is 40.2 Å². The van der Waals surface area contributed by atoms with Crippen LogP contribution in [0.2, 0.25) is 0 Å². The lowest BCUT2D eigenvalue weighted by molar-refractivity contribution is 0.195. The molecule has 0 aliphatic carbocycles. The molecule has 0 N–H and O–H groups in total. The second kappa shape index (κ2) is 7.03. The van der Waals surface area contributed by atoms with E-state index in [2.05, 4.69) is 38.3 Å². The smallest absolute Gasteiger partial charge is 0.137 e. The summed E-state index contributed by atoms with van der Waals surface area (Å²) in [4.78, 5) is 4.01. The number of thiophene rings is 1. The Bertz CT molecular complexity index is 584. The van der Waals surface area contributed by atoms with Crippen molar-refractivity contribution in [2.45, 2.75) is 38.3 Å². The first-order chi connectivity index (χ1) is 10.2. The van der Waals surface area contributed by atoms with Crippen molar-refractivity contribution in [3.63, 3.8) is 0 Å². The molecule has 2 aromatic rings. The van der Waals surface area contributed by atoms with Crippen LogP contribution >= 0.6 is 27.3 Å². The van der Waals surface area contributed by atoms with Gasteiger partial charge in [0.1, 0.15) is 5.82 Å². The quantitative estimate of drug-likeness (QED) is 0.665.